The highest BCUT2D eigenvalue weighted by Crippen LogP contribution is 2.13. The number of halogens is 2. The summed E-state index contributed by atoms with van der Waals surface area (Å²) >= 11 is 0. The molecule has 0 saturated carbocycles. The van der Waals surface area contributed by atoms with Crippen LogP contribution in [0.3, 0.4) is 0 Å². The first kappa shape index (κ1) is 12.0. The van der Waals surface area contributed by atoms with Crippen molar-refractivity contribution in [2.45, 2.75) is 11.8 Å². The van der Waals surface area contributed by atoms with Gasteiger partial charge in [-0.05, 0) is 25.1 Å². The maximum atomic E-state index is 12.7. The minimum absolute atomic E-state index is 0.128. The molecule has 0 aliphatic rings. The van der Waals surface area contributed by atoms with Crippen LogP contribution < -0.4 is 4.89 Å². The van der Waals surface area contributed by atoms with Gasteiger partial charge >= 0.3 is 0 Å². The number of rotatable bonds is 4. The van der Waals surface area contributed by atoms with Gasteiger partial charge in [0.2, 0.25) is 0 Å². The van der Waals surface area contributed by atoms with Crippen LogP contribution in [0.1, 0.15) is 6.92 Å². The number of hydrogen-bond acceptors (Lipinski definition) is 3. The van der Waals surface area contributed by atoms with Crippen LogP contribution in [-0.4, -0.2) is 15.0 Å². The zero-order chi connectivity index (χ0) is 11.5. The number of sulfonamides is 1. The summed E-state index contributed by atoms with van der Waals surface area (Å²) in [6.45, 7) is 1.71. The summed E-state index contributed by atoms with van der Waals surface area (Å²) in [7, 11) is -3.94. The van der Waals surface area contributed by atoms with Crippen molar-refractivity contribution < 1.29 is 22.0 Å². The Balaban J connectivity index is 3.00. The first-order valence-electron chi connectivity index (χ1n) is 4.06. The van der Waals surface area contributed by atoms with Crippen molar-refractivity contribution >= 4 is 10.0 Å². The molecular weight excluding hydrogens is 228 g/mol. The molecule has 84 valence electrons. The maximum Gasteiger partial charge on any atom is 0.262 e. The van der Waals surface area contributed by atoms with Gasteiger partial charge in [0.05, 0.1) is 11.5 Å². The number of hydrogen-bond donors (Lipinski definition) is 1. The molecule has 4 nitrogen and oxygen atoms in total. The lowest BCUT2D eigenvalue weighted by Crippen LogP contribution is -2.24. The highest BCUT2D eigenvalue weighted by atomic mass is 32.2. The van der Waals surface area contributed by atoms with Crippen LogP contribution in [-0.2, 0) is 14.9 Å². The second-order valence-corrected chi connectivity index (χ2v) is 4.24. The predicted octanol–water partition coefficient (Wildman–Crippen LogP) is 1.19. The van der Waals surface area contributed by atoms with Crippen molar-refractivity contribution in [3.63, 3.8) is 0 Å². The van der Waals surface area contributed by atoms with Crippen LogP contribution in [0.2, 0.25) is 0 Å². The van der Waals surface area contributed by atoms with E-state index in [1.54, 1.807) is 11.8 Å². The fraction of sp³-hybridized carbons (Fsp3) is 0.250. The Bertz CT molecular complexity index is 447. The molecule has 0 aromatic heterocycles. The molecule has 0 atom stereocenters. The Morgan fingerprint density at radius 2 is 2.00 bits per heavy atom. The van der Waals surface area contributed by atoms with Gasteiger partial charge in [-0.25, -0.2) is 17.2 Å². The molecule has 1 rings (SSSR count). The van der Waals surface area contributed by atoms with Crippen LogP contribution in [0, 0.1) is 11.6 Å². The summed E-state index contributed by atoms with van der Waals surface area (Å²) in [6.07, 6.45) is 0. The molecule has 1 N–H and O–H groups in total. The largest absolute Gasteiger partial charge is 0.287 e. The lowest BCUT2D eigenvalue weighted by molar-refractivity contribution is 0.105. The van der Waals surface area contributed by atoms with Gasteiger partial charge in [0.25, 0.3) is 10.0 Å². The summed E-state index contributed by atoms with van der Waals surface area (Å²) in [5.41, 5.74) is 0. The smallest absolute Gasteiger partial charge is 0.262 e. The van der Waals surface area contributed by atoms with E-state index in [0.717, 1.165) is 12.1 Å². The second-order valence-electron chi connectivity index (χ2n) is 2.60. The van der Waals surface area contributed by atoms with E-state index in [2.05, 4.69) is 4.84 Å². The average Bonchev–Trinajstić information content (AvgIpc) is 2.19. The van der Waals surface area contributed by atoms with E-state index < -0.39 is 26.6 Å². The summed E-state index contributed by atoms with van der Waals surface area (Å²) in [6, 6.07) is 2.26. The van der Waals surface area contributed by atoms with Crippen LogP contribution in [0.5, 0.6) is 0 Å². The van der Waals surface area contributed by atoms with E-state index in [0.29, 0.717) is 6.07 Å². The van der Waals surface area contributed by atoms with Crippen LogP contribution in [0.15, 0.2) is 23.1 Å². The average molecular weight is 237 g/mol. The first-order valence-corrected chi connectivity index (χ1v) is 5.54. The van der Waals surface area contributed by atoms with Crippen LogP contribution >= 0.6 is 0 Å². The van der Waals surface area contributed by atoms with Crippen molar-refractivity contribution in [1.82, 2.24) is 4.89 Å². The molecule has 0 radical (unpaired) electrons. The zero-order valence-corrected chi connectivity index (χ0v) is 8.64. The molecular formula is C8H9F2NO3S. The van der Waals surface area contributed by atoms with Gasteiger partial charge in [-0.2, -0.15) is 0 Å². The standard InChI is InChI=1S/C8H9F2NO3S/c1-2-14-11-15(12,13)6-3-4-7(9)8(10)5-6/h3-5,11H,2H2,1H3. The fourth-order valence-electron chi connectivity index (χ4n) is 0.829. The molecule has 7 heteroatoms. The van der Waals surface area contributed by atoms with E-state index in [-0.39, 0.29) is 6.61 Å². The third-order valence-corrected chi connectivity index (χ3v) is 2.73. The molecule has 0 unspecified atom stereocenters. The number of benzene rings is 1. The van der Waals surface area contributed by atoms with Crippen molar-refractivity contribution in [3.8, 4) is 0 Å². The van der Waals surface area contributed by atoms with Gasteiger partial charge in [-0.1, -0.05) is 4.89 Å². The topological polar surface area (TPSA) is 55.4 Å². The zero-order valence-electron chi connectivity index (χ0n) is 7.83. The van der Waals surface area contributed by atoms with E-state index in [1.807, 2.05) is 0 Å². The first-order chi connectivity index (χ1) is 6.97. The Kier molecular flexibility index (Phi) is 3.72. The summed E-state index contributed by atoms with van der Waals surface area (Å²) in [4.78, 5) is 5.83. The van der Waals surface area contributed by atoms with E-state index in [1.165, 1.54) is 0 Å². The molecule has 0 aliphatic carbocycles. The Morgan fingerprint density at radius 1 is 1.33 bits per heavy atom. The summed E-state index contributed by atoms with van der Waals surface area (Å²) in [5.74, 6) is -2.33. The minimum atomic E-state index is -3.94. The third kappa shape index (κ3) is 2.95. The maximum absolute atomic E-state index is 12.7. The molecule has 0 bridgehead atoms. The normalized spacial score (nSPS) is 11.7. The Hall–Kier alpha value is -1.05. The Labute approximate surface area is 85.9 Å². The predicted molar refractivity (Wildman–Crippen MR) is 48.3 cm³/mol. The molecule has 0 amide bonds. The third-order valence-electron chi connectivity index (χ3n) is 1.51. The van der Waals surface area contributed by atoms with Gasteiger partial charge in [0.15, 0.2) is 11.6 Å². The molecule has 0 fully saturated rings. The molecule has 1 aromatic rings. The number of nitrogens with one attached hydrogen (secondary N) is 1. The molecule has 0 spiro atoms. The molecule has 0 aliphatic heterocycles. The van der Waals surface area contributed by atoms with Crippen molar-refractivity contribution in [2.24, 2.45) is 0 Å². The van der Waals surface area contributed by atoms with Gasteiger partial charge in [-0.15, -0.1) is 0 Å². The van der Waals surface area contributed by atoms with E-state index >= 15 is 0 Å². The van der Waals surface area contributed by atoms with Gasteiger partial charge in [-0.3, -0.25) is 4.84 Å². The minimum Gasteiger partial charge on any atom is -0.287 e. The van der Waals surface area contributed by atoms with E-state index in [4.69, 9.17) is 0 Å². The summed E-state index contributed by atoms with van der Waals surface area (Å²) < 4.78 is 47.9. The van der Waals surface area contributed by atoms with Crippen molar-refractivity contribution in [1.29, 1.82) is 0 Å². The lowest BCUT2D eigenvalue weighted by Gasteiger charge is -2.05. The molecule has 15 heavy (non-hydrogen) atoms. The van der Waals surface area contributed by atoms with Gasteiger partial charge in [0, 0.05) is 0 Å². The van der Waals surface area contributed by atoms with Crippen LogP contribution in [0.25, 0.3) is 0 Å². The second kappa shape index (κ2) is 4.65. The SMILES string of the molecule is CCONS(=O)(=O)c1ccc(F)c(F)c1. The fourth-order valence-corrected chi connectivity index (χ4v) is 1.70. The molecule has 0 saturated heterocycles. The quantitative estimate of drug-likeness (QED) is 0.800. The summed E-state index contributed by atoms with van der Waals surface area (Å²) in [5, 5.41) is 0. The monoisotopic (exact) mass is 237 g/mol. The highest BCUT2D eigenvalue weighted by molar-refractivity contribution is 7.89. The van der Waals surface area contributed by atoms with E-state index in [9.17, 15) is 17.2 Å². The highest BCUT2D eigenvalue weighted by Gasteiger charge is 2.16. The molecule has 1 aromatic carbocycles. The van der Waals surface area contributed by atoms with Crippen molar-refractivity contribution in [3.05, 3.63) is 29.8 Å². The van der Waals surface area contributed by atoms with Gasteiger partial charge in [0.1, 0.15) is 0 Å². The Morgan fingerprint density at radius 3 is 2.53 bits per heavy atom. The van der Waals surface area contributed by atoms with Crippen LogP contribution in [0.4, 0.5) is 8.78 Å². The lowest BCUT2D eigenvalue weighted by atomic mass is 10.3. The van der Waals surface area contributed by atoms with Crippen molar-refractivity contribution in [2.75, 3.05) is 6.61 Å². The molecule has 0 heterocycles. The van der Waals surface area contributed by atoms with Gasteiger partial charge < -0.3 is 0 Å².